The Hall–Kier alpha value is -1.82. The monoisotopic (exact) mass is 294 g/mol. The van der Waals surface area contributed by atoms with Crippen molar-refractivity contribution >= 4 is 11.8 Å². The number of rotatable bonds is 5. The molecule has 0 spiro atoms. The minimum atomic E-state index is -0.619. The molecule has 1 aromatic heterocycles. The van der Waals surface area contributed by atoms with Crippen LogP contribution in [0.2, 0.25) is 0 Å². The minimum absolute atomic E-state index is 0.0108. The summed E-state index contributed by atoms with van der Waals surface area (Å²) in [5.74, 6) is 0.800. The number of hydrogen-bond acceptors (Lipinski definition) is 4. The summed E-state index contributed by atoms with van der Waals surface area (Å²) < 4.78 is 5.48. The normalized spacial score (nSPS) is 16.7. The lowest BCUT2D eigenvalue weighted by Gasteiger charge is -2.13. The molecule has 0 radical (unpaired) electrons. The fraction of sp³-hybridized carbons (Fsp3) is 0.600. The van der Waals surface area contributed by atoms with Crippen LogP contribution >= 0.6 is 0 Å². The van der Waals surface area contributed by atoms with Crippen molar-refractivity contribution in [3.05, 3.63) is 23.2 Å². The van der Waals surface area contributed by atoms with Gasteiger partial charge in [0.25, 0.3) is 5.91 Å². The van der Waals surface area contributed by atoms with Crippen LogP contribution in [0, 0.1) is 12.8 Å². The summed E-state index contributed by atoms with van der Waals surface area (Å²) in [6, 6.07) is 1.24. The molecule has 0 aromatic carbocycles. The zero-order chi connectivity index (χ0) is 15.4. The van der Waals surface area contributed by atoms with Gasteiger partial charge in [-0.05, 0) is 38.7 Å². The highest BCUT2D eigenvalue weighted by atomic mass is 16.5. The van der Waals surface area contributed by atoms with Crippen LogP contribution in [0.1, 0.15) is 66.9 Å². The molecular formula is C15H22N2O4. The highest BCUT2D eigenvalue weighted by Gasteiger charge is 2.22. The van der Waals surface area contributed by atoms with Gasteiger partial charge in [0, 0.05) is 6.42 Å². The van der Waals surface area contributed by atoms with Crippen molar-refractivity contribution < 1.29 is 19.2 Å². The van der Waals surface area contributed by atoms with Gasteiger partial charge < -0.3 is 9.73 Å². The first-order chi connectivity index (χ1) is 10.0. The first kappa shape index (κ1) is 15.6. The van der Waals surface area contributed by atoms with Crippen LogP contribution in [0.3, 0.4) is 0 Å². The van der Waals surface area contributed by atoms with Gasteiger partial charge in [0.15, 0.2) is 0 Å². The van der Waals surface area contributed by atoms with E-state index in [2.05, 4.69) is 5.32 Å². The Morgan fingerprint density at radius 2 is 2.10 bits per heavy atom. The lowest BCUT2D eigenvalue weighted by Crippen LogP contribution is -2.27. The van der Waals surface area contributed by atoms with Crippen molar-refractivity contribution in [2.45, 2.75) is 52.0 Å². The van der Waals surface area contributed by atoms with Crippen LogP contribution < -0.4 is 10.8 Å². The third-order valence-corrected chi connectivity index (χ3v) is 4.04. The van der Waals surface area contributed by atoms with E-state index in [0.29, 0.717) is 23.9 Å². The van der Waals surface area contributed by atoms with Gasteiger partial charge in [-0.25, -0.2) is 5.48 Å². The van der Waals surface area contributed by atoms with E-state index in [0.717, 1.165) is 12.8 Å². The molecule has 1 fully saturated rings. The summed E-state index contributed by atoms with van der Waals surface area (Å²) in [4.78, 5) is 23.4. The van der Waals surface area contributed by atoms with Crippen molar-refractivity contribution in [3.63, 3.8) is 0 Å². The standard InChI is InChI=1S/C15H22N2O4/c1-9(16-14(18)7-11-5-3-4-6-11)13-8-12(10(2)21-13)15(19)17-20/h8-9,11,20H,3-7H2,1-2H3,(H,16,18)(H,17,19). The average Bonchev–Trinajstić information content (AvgIpc) is 3.07. The molecule has 1 aliphatic rings. The summed E-state index contributed by atoms with van der Waals surface area (Å²) in [6.45, 7) is 3.45. The molecule has 6 heteroatoms. The van der Waals surface area contributed by atoms with Crippen molar-refractivity contribution in [1.82, 2.24) is 10.8 Å². The number of furan rings is 1. The largest absolute Gasteiger partial charge is 0.463 e. The van der Waals surface area contributed by atoms with Gasteiger partial charge in [-0.3, -0.25) is 14.8 Å². The van der Waals surface area contributed by atoms with Gasteiger partial charge in [0.2, 0.25) is 5.91 Å². The summed E-state index contributed by atoms with van der Waals surface area (Å²) in [7, 11) is 0. The number of amides is 2. The number of nitrogens with one attached hydrogen (secondary N) is 2. The first-order valence-electron chi connectivity index (χ1n) is 7.35. The Kier molecular flexibility index (Phi) is 5.01. The number of carbonyl (C=O) groups excluding carboxylic acids is 2. The number of hydroxylamine groups is 1. The van der Waals surface area contributed by atoms with E-state index >= 15 is 0 Å². The molecule has 2 rings (SSSR count). The molecule has 116 valence electrons. The highest BCUT2D eigenvalue weighted by Crippen LogP contribution is 2.28. The van der Waals surface area contributed by atoms with Crippen LogP contribution in [0.4, 0.5) is 0 Å². The maximum absolute atomic E-state index is 12.0. The molecule has 1 aromatic rings. The molecule has 3 N–H and O–H groups in total. The fourth-order valence-electron chi connectivity index (χ4n) is 2.85. The molecule has 0 aliphatic heterocycles. The van der Waals surface area contributed by atoms with Gasteiger partial charge in [0.05, 0.1) is 11.6 Å². The minimum Gasteiger partial charge on any atom is -0.463 e. The average molecular weight is 294 g/mol. The van der Waals surface area contributed by atoms with Gasteiger partial charge in [-0.1, -0.05) is 12.8 Å². The van der Waals surface area contributed by atoms with E-state index in [9.17, 15) is 9.59 Å². The molecule has 1 atom stereocenters. The molecular weight excluding hydrogens is 272 g/mol. The Morgan fingerprint density at radius 3 is 2.71 bits per heavy atom. The maximum atomic E-state index is 12.0. The molecule has 1 unspecified atom stereocenters. The molecule has 0 saturated heterocycles. The molecule has 1 heterocycles. The Morgan fingerprint density at radius 1 is 1.43 bits per heavy atom. The second-order valence-electron chi connectivity index (χ2n) is 5.70. The van der Waals surface area contributed by atoms with E-state index in [1.165, 1.54) is 12.8 Å². The van der Waals surface area contributed by atoms with Crippen LogP contribution in [-0.4, -0.2) is 17.0 Å². The zero-order valence-electron chi connectivity index (χ0n) is 12.4. The van der Waals surface area contributed by atoms with Crippen molar-refractivity contribution in [2.24, 2.45) is 5.92 Å². The third-order valence-electron chi connectivity index (χ3n) is 4.04. The van der Waals surface area contributed by atoms with Gasteiger partial charge in [-0.2, -0.15) is 0 Å². The van der Waals surface area contributed by atoms with E-state index in [-0.39, 0.29) is 17.5 Å². The van der Waals surface area contributed by atoms with E-state index in [4.69, 9.17) is 9.62 Å². The summed E-state index contributed by atoms with van der Waals surface area (Å²) in [6.07, 6.45) is 5.23. The van der Waals surface area contributed by atoms with E-state index in [1.807, 2.05) is 6.92 Å². The van der Waals surface area contributed by atoms with Crippen molar-refractivity contribution in [2.75, 3.05) is 0 Å². The lowest BCUT2D eigenvalue weighted by molar-refractivity contribution is -0.122. The Bertz CT molecular complexity index is 518. The Balaban J connectivity index is 1.94. The topological polar surface area (TPSA) is 91.6 Å². The fourth-order valence-corrected chi connectivity index (χ4v) is 2.85. The van der Waals surface area contributed by atoms with E-state index < -0.39 is 5.91 Å². The van der Waals surface area contributed by atoms with Crippen LogP contribution in [-0.2, 0) is 4.79 Å². The molecule has 1 aliphatic carbocycles. The molecule has 6 nitrogen and oxygen atoms in total. The summed E-state index contributed by atoms with van der Waals surface area (Å²) in [5, 5.41) is 11.5. The summed E-state index contributed by atoms with van der Waals surface area (Å²) in [5.41, 5.74) is 1.85. The highest BCUT2D eigenvalue weighted by molar-refractivity contribution is 5.94. The van der Waals surface area contributed by atoms with Crippen LogP contribution in [0.15, 0.2) is 10.5 Å². The zero-order valence-corrected chi connectivity index (χ0v) is 12.4. The van der Waals surface area contributed by atoms with Crippen molar-refractivity contribution in [1.29, 1.82) is 0 Å². The molecule has 1 saturated carbocycles. The second-order valence-corrected chi connectivity index (χ2v) is 5.70. The number of carbonyl (C=O) groups is 2. The van der Waals surface area contributed by atoms with Crippen LogP contribution in [0.25, 0.3) is 0 Å². The molecule has 2 amide bonds. The Labute approximate surface area is 123 Å². The number of aryl methyl sites for hydroxylation is 1. The van der Waals surface area contributed by atoms with Gasteiger partial charge in [0.1, 0.15) is 11.5 Å². The van der Waals surface area contributed by atoms with Gasteiger partial charge >= 0.3 is 0 Å². The summed E-state index contributed by atoms with van der Waals surface area (Å²) >= 11 is 0. The first-order valence-corrected chi connectivity index (χ1v) is 7.35. The van der Waals surface area contributed by atoms with Crippen LogP contribution in [0.5, 0.6) is 0 Å². The predicted octanol–water partition coefficient (Wildman–Crippen LogP) is 2.46. The SMILES string of the molecule is Cc1oc(C(C)NC(=O)CC2CCCC2)cc1C(=O)NO. The smallest absolute Gasteiger partial charge is 0.278 e. The molecule has 21 heavy (non-hydrogen) atoms. The van der Waals surface area contributed by atoms with E-state index in [1.54, 1.807) is 18.5 Å². The van der Waals surface area contributed by atoms with Gasteiger partial charge in [-0.15, -0.1) is 0 Å². The second kappa shape index (κ2) is 6.76. The van der Waals surface area contributed by atoms with Crippen molar-refractivity contribution in [3.8, 4) is 0 Å². The quantitative estimate of drug-likeness (QED) is 0.574. The number of hydrogen-bond donors (Lipinski definition) is 3. The lowest BCUT2D eigenvalue weighted by atomic mass is 10.0. The predicted molar refractivity (Wildman–Crippen MR) is 75.8 cm³/mol. The molecule has 0 bridgehead atoms. The third kappa shape index (κ3) is 3.85. The maximum Gasteiger partial charge on any atom is 0.278 e.